The van der Waals surface area contributed by atoms with Crippen molar-refractivity contribution in [1.29, 1.82) is 0 Å². The number of hydrogen-bond donors (Lipinski definition) is 0. The quantitative estimate of drug-likeness (QED) is 0.181. The minimum Gasteiger partial charge on any atom is -0.208 e. The lowest BCUT2D eigenvalue weighted by Crippen LogP contribution is -2.00. The third kappa shape index (κ3) is 4.90. The summed E-state index contributed by atoms with van der Waals surface area (Å²) < 4.78 is 124. The first kappa shape index (κ1) is 18.1. The molecule has 0 radical (unpaired) electrons. The zero-order valence-electron chi connectivity index (χ0n) is 39.7. The molecule has 0 aliphatic heterocycles. The van der Waals surface area contributed by atoms with Crippen molar-refractivity contribution in [2.24, 2.45) is 0 Å². The van der Waals surface area contributed by atoms with Gasteiger partial charge in [0.15, 0.2) is 17.5 Å². The van der Waals surface area contributed by atoms with Crippen molar-refractivity contribution < 1.29 is 19.2 Å². The van der Waals surface area contributed by atoms with Crippen LogP contribution in [0.5, 0.6) is 0 Å². The summed E-state index contributed by atoms with van der Waals surface area (Å²) in [5.41, 5.74) is 3.85. The Labute approximate surface area is 316 Å². The third-order valence-corrected chi connectivity index (χ3v) is 10.5. The first-order chi connectivity index (χ1) is 30.6. The van der Waals surface area contributed by atoms with Crippen LogP contribution in [0.1, 0.15) is 19.2 Å². The minimum atomic E-state index is -0.561. The summed E-state index contributed by atoms with van der Waals surface area (Å²) in [7, 11) is 0. The standard InChI is InChI=1S/C45H27N3S2/c1-2-12-28(13-3-1)29-14-8-15-30(26-29)31-16-9-17-32(27-31)43-46-44(36-21-11-25-40-41(36)35-19-5-7-24-39(35)49-40)48-45(47-43)37-22-10-20-34-33-18-4-6-23-38(33)50-42(34)37/h1-27H/i4D,5D,6D,7D,10D,11D,18D,19D,20D,21D,22D,23D,24D,25D. The molecular formula is C45H27N3S2. The first-order valence-electron chi connectivity index (χ1n) is 22.5. The summed E-state index contributed by atoms with van der Waals surface area (Å²) >= 11 is 1.78. The van der Waals surface area contributed by atoms with E-state index in [2.05, 4.69) is 0 Å². The molecule has 10 rings (SSSR count). The van der Waals surface area contributed by atoms with Gasteiger partial charge >= 0.3 is 0 Å². The van der Waals surface area contributed by atoms with Gasteiger partial charge in [-0.25, -0.2) is 15.0 Å². The summed E-state index contributed by atoms with van der Waals surface area (Å²) in [6, 6.07) is 18.6. The van der Waals surface area contributed by atoms with Gasteiger partial charge in [0.1, 0.15) is 0 Å². The van der Waals surface area contributed by atoms with E-state index < -0.39 is 66.5 Å². The van der Waals surface area contributed by atoms with E-state index in [0.29, 0.717) is 5.56 Å². The van der Waals surface area contributed by atoms with E-state index in [0.717, 1.165) is 44.9 Å². The fourth-order valence-electron chi connectivity index (χ4n) is 6.09. The summed E-state index contributed by atoms with van der Waals surface area (Å²) in [5, 5.41) is 0.0686. The average molecular weight is 688 g/mol. The van der Waals surface area contributed by atoms with Crippen LogP contribution in [0, 0.1) is 0 Å². The molecule has 0 bridgehead atoms. The van der Waals surface area contributed by atoms with E-state index in [9.17, 15) is 2.74 Å². The maximum atomic E-state index is 9.31. The molecule has 0 saturated carbocycles. The molecule has 0 unspecified atom stereocenters. The maximum absolute atomic E-state index is 9.31. The van der Waals surface area contributed by atoms with Crippen molar-refractivity contribution in [1.82, 2.24) is 15.0 Å². The number of nitrogens with zero attached hydrogens (tertiary/aromatic N) is 3. The molecule has 0 aliphatic carbocycles. The zero-order chi connectivity index (χ0) is 45.2. The van der Waals surface area contributed by atoms with Gasteiger partial charge in [-0.2, -0.15) is 0 Å². The van der Waals surface area contributed by atoms with Gasteiger partial charge in [0.25, 0.3) is 0 Å². The number of benzene rings is 7. The van der Waals surface area contributed by atoms with Crippen LogP contribution >= 0.6 is 22.7 Å². The van der Waals surface area contributed by atoms with Gasteiger partial charge in [-0.15, -0.1) is 22.7 Å². The topological polar surface area (TPSA) is 38.7 Å². The van der Waals surface area contributed by atoms with Crippen molar-refractivity contribution in [2.75, 3.05) is 0 Å². The second-order valence-electron chi connectivity index (χ2n) is 11.4. The van der Waals surface area contributed by atoms with E-state index >= 15 is 0 Å². The predicted octanol–water partition coefficient (Wildman–Crippen LogP) is 12.9. The second kappa shape index (κ2) is 11.8. The molecule has 50 heavy (non-hydrogen) atoms. The van der Waals surface area contributed by atoms with Gasteiger partial charge in [0.2, 0.25) is 0 Å². The van der Waals surface area contributed by atoms with Crippen LogP contribution in [0.25, 0.3) is 96.8 Å². The second-order valence-corrected chi connectivity index (χ2v) is 13.4. The molecule has 234 valence electrons. The lowest BCUT2D eigenvalue weighted by molar-refractivity contribution is 1.08. The number of hydrogen-bond acceptors (Lipinski definition) is 5. The van der Waals surface area contributed by atoms with Crippen LogP contribution in [0.4, 0.5) is 0 Å². The largest absolute Gasteiger partial charge is 0.208 e. The molecule has 3 nitrogen and oxygen atoms in total. The Bertz CT molecular complexity index is 3680. The van der Waals surface area contributed by atoms with Crippen LogP contribution in [-0.4, -0.2) is 15.0 Å². The van der Waals surface area contributed by atoms with Gasteiger partial charge in [-0.05, 0) is 58.6 Å². The van der Waals surface area contributed by atoms with Crippen LogP contribution in [0.2, 0.25) is 0 Å². The average Bonchev–Trinajstić information content (AvgIpc) is 3.91. The highest BCUT2D eigenvalue weighted by Gasteiger charge is 2.19. The van der Waals surface area contributed by atoms with Gasteiger partial charge < -0.3 is 0 Å². The summed E-state index contributed by atoms with van der Waals surface area (Å²) in [6.07, 6.45) is 0. The van der Waals surface area contributed by atoms with Crippen LogP contribution in [0.3, 0.4) is 0 Å². The molecule has 0 N–H and O–H groups in total. The number of rotatable bonds is 5. The SMILES string of the molecule is [2H]c1c([2H])c([2H])c2c(sc3c(-c4nc(-c5cccc(-c6cccc(-c7ccccc7)c6)c5)nc(-c5c([2H])c([2H])c([2H])c6sc7c([2H])c([2H])c([2H])c([2H])c7c56)n4)c([2H])c([2H])c([2H])c32)c1[2H]. The fraction of sp³-hybridized carbons (Fsp3) is 0. The van der Waals surface area contributed by atoms with E-state index in [1.54, 1.807) is 12.1 Å². The molecule has 0 atom stereocenters. The Balaban J connectivity index is 1.32. The van der Waals surface area contributed by atoms with Gasteiger partial charge in [-0.3, -0.25) is 0 Å². The van der Waals surface area contributed by atoms with Gasteiger partial charge in [0, 0.05) is 57.0 Å². The van der Waals surface area contributed by atoms with Crippen LogP contribution in [-0.2, 0) is 0 Å². The molecule has 3 aromatic heterocycles. The minimum absolute atomic E-state index is 0.00204. The highest BCUT2D eigenvalue weighted by molar-refractivity contribution is 7.26. The van der Waals surface area contributed by atoms with Gasteiger partial charge in [0.05, 0.1) is 19.2 Å². The Kier molecular flexibility index (Phi) is 4.29. The summed E-state index contributed by atoms with van der Waals surface area (Å²) in [5.74, 6) is -0.459. The molecule has 7 aromatic carbocycles. The highest BCUT2D eigenvalue weighted by Crippen LogP contribution is 2.42. The Morgan fingerprint density at radius 1 is 0.400 bits per heavy atom. The predicted molar refractivity (Wildman–Crippen MR) is 213 cm³/mol. The monoisotopic (exact) mass is 687 g/mol. The van der Waals surface area contributed by atoms with E-state index in [4.69, 9.17) is 31.4 Å². The molecule has 10 aromatic rings. The molecule has 0 aliphatic rings. The summed E-state index contributed by atoms with van der Waals surface area (Å²) in [6.45, 7) is 0. The number of thiophene rings is 2. The lowest BCUT2D eigenvalue weighted by atomic mass is 9.98. The van der Waals surface area contributed by atoms with Crippen molar-refractivity contribution in [3.05, 3.63) is 163 Å². The normalized spacial score (nSPS) is 15.5. The van der Waals surface area contributed by atoms with Crippen molar-refractivity contribution in [2.45, 2.75) is 0 Å². The molecule has 3 heterocycles. The molecule has 0 amide bonds. The van der Waals surface area contributed by atoms with Gasteiger partial charge in [-0.1, -0.05) is 127 Å². The Morgan fingerprint density at radius 2 is 0.940 bits per heavy atom. The molecule has 5 heteroatoms. The van der Waals surface area contributed by atoms with Crippen molar-refractivity contribution in [3.8, 4) is 56.4 Å². The fourth-order valence-corrected chi connectivity index (χ4v) is 8.12. The summed E-state index contributed by atoms with van der Waals surface area (Å²) in [4.78, 5) is 14.6. The Morgan fingerprint density at radius 3 is 1.74 bits per heavy atom. The molecule has 0 spiro atoms. The molecule has 0 saturated heterocycles. The van der Waals surface area contributed by atoms with Crippen LogP contribution in [0.15, 0.2) is 163 Å². The maximum Gasteiger partial charge on any atom is 0.165 e. The van der Waals surface area contributed by atoms with Crippen molar-refractivity contribution >= 4 is 63.0 Å². The number of fused-ring (bicyclic) bond motifs is 6. The van der Waals surface area contributed by atoms with Crippen molar-refractivity contribution in [3.63, 3.8) is 0 Å². The van der Waals surface area contributed by atoms with E-state index in [-0.39, 0.29) is 87.1 Å². The zero-order valence-corrected chi connectivity index (χ0v) is 27.3. The number of aromatic nitrogens is 3. The lowest BCUT2D eigenvalue weighted by Gasteiger charge is -2.11. The first-order valence-corrected chi connectivity index (χ1v) is 17.1. The van der Waals surface area contributed by atoms with E-state index in [1.807, 2.05) is 66.7 Å². The van der Waals surface area contributed by atoms with E-state index in [1.165, 1.54) is 0 Å². The molecular weight excluding hydrogens is 647 g/mol. The third-order valence-electron chi connectivity index (χ3n) is 8.39. The molecule has 0 fully saturated rings. The Hall–Kier alpha value is -6.01. The smallest absolute Gasteiger partial charge is 0.165 e. The highest BCUT2D eigenvalue weighted by atomic mass is 32.1. The van der Waals surface area contributed by atoms with Crippen LogP contribution < -0.4 is 0 Å².